The van der Waals surface area contributed by atoms with E-state index >= 15 is 0 Å². The smallest absolute Gasteiger partial charge is 0.0471 e. The van der Waals surface area contributed by atoms with E-state index in [0.717, 1.165) is 19.1 Å². The Morgan fingerprint density at radius 3 is 2.44 bits per heavy atom. The predicted molar refractivity (Wildman–Crippen MR) is 69.7 cm³/mol. The van der Waals surface area contributed by atoms with Crippen molar-refractivity contribution in [3.8, 4) is 0 Å². The maximum Gasteiger partial charge on any atom is 0.0471 e. The second-order valence-electron chi connectivity index (χ2n) is 5.78. The molecule has 0 aromatic heterocycles. The Morgan fingerprint density at radius 1 is 1.19 bits per heavy atom. The van der Waals surface area contributed by atoms with Crippen molar-refractivity contribution in [2.24, 2.45) is 11.3 Å². The number of hydrogen-bond donors (Lipinski definition) is 1. The van der Waals surface area contributed by atoms with Crippen molar-refractivity contribution >= 4 is 0 Å². The predicted octanol–water partition coefficient (Wildman–Crippen LogP) is 3.22. The van der Waals surface area contributed by atoms with Gasteiger partial charge in [0.15, 0.2) is 0 Å². The van der Waals surface area contributed by atoms with Gasteiger partial charge in [0, 0.05) is 19.8 Å². The van der Waals surface area contributed by atoms with Gasteiger partial charge in [0.05, 0.1) is 0 Å². The first-order valence-corrected chi connectivity index (χ1v) is 6.91. The van der Waals surface area contributed by atoms with Crippen LogP contribution in [0.2, 0.25) is 0 Å². The van der Waals surface area contributed by atoms with E-state index < -0.39 is 0 Å². The van der Waals surface area contributed by atoms with Gasteiger partial charge in [-0.05, 0) is 44.1 Å². The summed E-state index contributed by atoms with van der Waals surface area (Å²) in [7, 11) is 2.07. The third-order valence-electron chi connectivity index (χ3n) is 3.83. The summed E-state index contributed by atoms with van der Waals surface area (Å²) in [6.45, 7) is 7.56. The van der Waals surface area contributed by atoms with E-state index in [1.165, 1.54) is 45.1 Å². The molecule has 0 bridgehead atoms. The summed E-state index contributed by atoms with van der Waals surface area (Å²) in [6, 6.07) is 0. The third-order valence-corrected chi connectivity index (χ3v) is 3.83. The van der Waals surface area contributed by atoms with Crippen LogP contribution in [0, 0.1) is 11.3 Å². The summed E-state index contributed by atoms with van der Waals surface area (Å²) in [6.07, 6.45) is 8.04. The molecule has 1 aliphatic carbocycles. The molecule has 96 valence electrons. The van der Waals surface area contributed by atoms with Crippen LogP contribution in [-0.2, 0) is 4.74 Å². The molecule has 1 rings (SSSR count). The summed E-state index contributed by atoms with van der Waals surface area (Å²) < 4.78 is 5.75. The SMILES string of the molecule is CNCC1(CCOCCC(C)C)CCCC1. The first kappa shape index (κ1) is 14.0. The van der Waals surface area contributed by atoms with Crippen LogP contribution in [-0.4, -0.2) is 26.8 Å². The molecule has 1 N–H and O–H groups in total. The van der Waals surface area contributed by atoms with Gasteiger partial charge in [-0.1, -0.05) is 26.7 Å². The Morgan fingerprint density at radius 2 is 1.88 bits per heavy atom. The first-order chi connectivity index (χ1) is 7.68. The van der Waals surface area contributed by atoms with Crippen LogP contribution in [0.15, 0.2) is 0 Å². The molecule has 0 aliphatic heterocycles. The molecule has 1 fully saturated rings. The fourth-order valence-corrected chi connectivity index (χ4v) is 2.72. The van der Waals surface area contributed by atoms with E-state index in [-0.39, 0.29) is 0 Å². The molecule has 0 radical (unpaired) electrons. The largest absolute Gasteiger partial charge is 0.381 e. The zero-order valence-electron chi connectivity index (χ0n) is 11.3. The van der Waals surface area contributed by atoms with Crippen molar-refractivity contribution in [2.45, 2.75) is 52.4 Å². The van der Waals surface area contributed by atoms with Crippen LogP contribution in [0.1, 0.15) is 52.4 Å². The highest BCUT2D eigenvalue weighted by Crippen LogP contribution is 2.40. The van der Waals surface area contributed by atoms with Crippen LogP contribution in [0.4, 0.5) is 0 Å². The third kappa shape index (κ3) is 4.84. The fourth-order valence-electron chi connectivity index (χ4n) is 2.72. The molecule has 0 unspecified atom stereocenters. The lowest BCUT2D eigenvalue weighted by atomic mass is 9.83. The topological polar surface area (TPSA) is 21.3 Å². The van der Waals surface area contributed by atoms with E-state index in [1.807, 2.05) is 0 Å². The maximum absolute atomic E-state index is 5.75. The number of rotatable bonds is 8. The van der Waals surface area contributed by atoms with Gasteiger partial charge in [0.25, 0.3) is 0 Å². The van der Waals surface area contributed by atoms with Crippen molar-refractivity contribution in [1.82, 2.24) is 5.32 Å². The van der Waals surface area contributed by atoms with Crippen molar-refractivity contribution in [3.05, 3.63) is 0 Å². The van der Waals surface area contributed by atoms with E-state index in [1.54, 1.807) is 0 Å². The summed E-state index contributed by atoms with van der Waals surface area (Å²) >= 11 is 0. The molecule has 1 saturated carbocycles. The Bertz CT molecular complexity index is 174. The molecule has 0 heterocycles. The number of hydrogen-bond acceptors (Lipinski definition) is 2. The normalized spacial score (nSPS) is 19.5. The van der Waals surface area contributed by atoms with E-state index in [0.29, 0.717) is 5.41 Å². The van der Waals surface area contributed by atoms with Crippen LogP contribution in [0.25, 0.3) is 0 Å². The van der Waals surface area contributed by atoms with Gasteiger partial charge in [0.1, 0.15) is 0 Å². The van der Waals surface area contributed by atoms with Crippen molar-refractivity contribution in [3.63, 3.8) is 0 Å². The Kier molecular flexibility index (Phi) is 6.37. The van der Waals surface area contributed by atoms with E-state index in [4.69, 9.17) is 4.74 Å². The average Bonchev–Trinajstić information content (AvgIpc) is 2.66. The maximum atomic E-state index is 5.75. The molecular weight excluding hydrogens is 198 g/mol. The highest BCUT2D eigenvalue weighted by atomic mass is 16.5. The second kappa shape index (κ2) is 7.29. The first-order valence-electron chi connectivity index (χ1n) is 6.91. The van der Waals surface area contributed by atoms with Gasteiger partial charge in [-0.2, -0.15) is 0 Å². The minimum absolute atomic E-state index is 0.548. The Labute approximate surface area is 101 Å². The Hall–Kier alpha value is -0.0800. The number of nitrogens with one attached hydrogen (secondary N) is 1. The number of ether oxygens (including phenoxy) is 1. The highest BCUT2D eigenvalue weighted by molar-refractivity contribution is 4.86. The van der Waals surface area contributed by atoms with Crippen molar-refractivity contribution in [2.75, 3.05) is 26.8 Å². The van der Waals surface area contributed by atoms with Gasteiger partial charge in [-0.25, -0.2) is 0 Å². The van der Waals surface area contributed by atoms with Gasteiger partial charge in [0.2, 0.25) is 0 Å². The lowest BCUT2D eigenvalue weighted by Gasteiger charge is -2.28. The van der Waals surface area contributed by atoms with Gasteiger partial charge < -0.3 is 10.1 Å². The zero-order chi connectivity index (χ0) is 11.9. The van der Waals surface area contributed by atoms with Crippen LogP contribution < -0.4 is 5.32 Å². The van der Waals surface area contributed by atoms with Crippen LogP contribution >= 0.6 is 0 Å². The van der Waals surface area contributed by atoms with Crippen molar-refractivity contribution < 1.29 is 4.74 Å². The molecule has 1 aliphatic rings. The monoisotopic (exact) mass is 227 g/mol. The molecule has 2 heteroatoms. The van der Waals surface area contributed by atoms with Gasteiger partial charge in [-0.15, -0.1) is 0 Å². The minimum atomic E-state index is 0.548. The van der Waals surface area contributed by atoms with E-state index in [2.05, 4.69) is 26.2 Å². The summed E-state index contributed by atoms with van der Waals surface area (Å²) in [5.74, 6) is 0.762. The van der Waals surface area contributed by atoms with Crippen LogP contribution in [0.5, 0.6) is 0 Å². The molecule has 0 saturated heterocycles. The van der Waals surface area contributed by atoms with Gasteiger partial charge >= 0.3 is 0 Å². The van der Waals surface area contributed by atoms with E-state index in [9.17, 15) is 0 Å². The lowest BCUT2D eigenvalue weighted by Crippen LogP contribution is -2.31. The standard InChI is InChI=1S/C14H29NO/c1-13(2)6-10-16-11-9-14(12-15-3)7-4-5-8-14/h13,15H,4-12H2,1-3H3. The molecule has 0 aromatic rings. The Balaban J connectivity index is 2.13. The van der Waals surface area contributed by atoms with Crippen molar-refractivity contribution in [1.29, 1.82) is 0 Å². The zero-order valence-corrected chi connectivity index (χ0v) is 11.3. The highest BCUT2D eigenvalue weighted by Gasteiger charge is 2.32. The minimum Gasteiger partial charge on any atom is -0.381 e. The molecule has 16 heavy (non-hydrogen) atoms. The fraction of sp³-hybridized carbons (Fsp3) is 1.00. The molecule has 0 amide bonds. The second-order valence-corrected chi connectivity index (χ2v) is 5.78. The molecule has 0 spiro atoms. The summed E-state index contributed by atoms with van der Waals surface area (Å²) in [5.41, 5.74) is 0.548. The molecule has 2 nitrogen and oxygen atoms in total. The average molecular weight is 227 g/mol. The molecular formula is C14H29NO. The summed E-state index contributed by atoms with van der Waals surface area (Å²) in [5, 5.41) is 3.35. The van der Waals surface area contributed by atoms with Crippen LogP contribution in [0.3, 0.4) is 0 Å². The molecule has 0 atom stereocenters. The molecule has 0 aromatic carbocycles. The van der Waals surface area contributed by atoms with Gasteiger partial charge in [-0.3, -0.25) is 0 Å². The lowest BCUT2D eigenvalue weighted by molar-refractivity contribution is 0.0876. The quantitative estimate of drug-likeness (QED) is 0.643. The summed E-state index contributed by atoms with van der Waals surface area (Å²) in [4.78, 5) is 0.